The fourth-order valence-corrected chi connectivity index (χ4v) is 4.67. The summed E-state index contributed by atoms with van der Waals surface area (Å²) in [7, 11) is 2.03. The number of carbonyl (C=O) groups is 1. The first-order valence-corrected chi connectivity index (χ1v) is 9.67. The van der Waals surface area contributed by atoms with Crippen molar-refractivity contribution >= 4 is 5.97 Å². The van der Waals surface area contributed by atoms with Gasteiger partial charge in [-0.05, 0) is 62.5 Å². The molecule has 0 fully saturated rings. The van der Waals surface area contributed by atoms with Gasteiger partial charge < -0.3 is 20.4 Å². The van der Waals surface area contributed by atoms with Crippen molar-refractivity contribution in [2.45, 2.75) is 70.1 Å². The average Bonchev–Trinajstić information content (AvgIpc) is 2.60. The van der Waals surface area contributed by atoms with Crippen LogP contribution in [0.15, 0.2) is 23.8 Å². The summed E-state index contributed by atoms with van der Waals surface area (Å²) in [5.74, 6) is 5.50. The third-order valence-corrected chi connectivity index (χ3v) is 6.16. The SMILES string of the molecule is CN[C@]12CC[C@@H](C)C=C1C=C[C@H](C)[C@@H]2CC[C@@H](O)C[C@@H](O)CC(=O)ON. The molecule has 0 spiro atoms. The summed E-state index contributed by atoms with van der Waals surface area (Å²) < 4.78 is 0. The van der Waals surface area contributed by atoms with Gasteiger partial charge in [-0.15, -0.1) is 0 Å². The van der Waals surface area contributed by atoms with Crippen LogP contribution in [0.1, 0.15) is 52.4 Å². The number of aliphatic hydroxyl groups excluding tert-OH is 2. The minimum absolute atomic E-state index is 0.0393. The van der Waals surface area contributed by atoms with E-state index in [-0.39, 0.29) is 18.4 Å². The Bertz CT molecular complexity index is 548. The molecule has 0 aliphatic heterocycles. The van der Waals surface area contributed by atoms with Crippen LogP contribution in [-0.4, -0.2) is 41.0 Å². The summed E-state index contributed by atoms with van der Waals surface area (Å²) in [6, 6.07) is 0. The number of aliphatic hydroxyl groups is 2. The normalized spacial score (nSPS) is 33.2. The molecule has 0 bridgehead atoms. The van der Waals surface area contributed by atoms with Crippen molar-refractivity contribution in [2.75, 3.05) is 7.05 Å². The van der Waals surface area contributed by atoms with E-state index in [0.29, 0.717) is 24.2 Å². The Morgan fingerprint density at radius 1 is 1.42 bits per heavy atom. The Morgan fingerprint density at radius 2 is 2.15 bits per heavy atom. The topological polar surface area (TPSA) is 105 Å². The third kappa shape index (κ3) is 4.74. The summed E-state index contributed by atoms with van der Waals surface area (Å²) in [4.78, 5) is 15.2. The zero-order valence-electron chi connectivity index (χ0n) is 16.1. The lowest BCUT2D eigenvalue weighted by atomic mass is 9.61. The summed E-state index contributed by atoms with van der Waals surface area (Å²) in [6.07, 6.45) is 8.95. The quantitative estimate of drug-likeness (QED) is 0.489. The third-order valence-electron chi connectivity index (χ3n) is 6.16. The van der Waals surface area contributed by atoms with Gasteiger partial charge in [0.1, 0.15) is 0 Å². The number of rotatable bonds is 8. The van der Waals surface area contributed by atoms with E-state index in [2.05, 4.69) is 42.2 Å². The summed E-state index contributed by atoms with van der Waals surface area (Å²) >= 11 is 0. The van der Waals surface area contributed by atoms with E-state index in [0.717, 1.165) is 19.3 Å². The molecule has 0 radical (unpaired) electrons. The highest BCUT2D eigenvalue weighted by Crippen LogP contribution is 2.46. The van der Waals surface area contributed by atoms with E-state index >= 15 is 0 Å². The Morgan fingerprint density at radius 3 is 2.81 bits per heavy atom. The average molecular weight is 367 g/mol. The molecule has 5 N–H and O–H groups in total. The molecule has 6 heteroatoms. The van der Waals surface area contributed by atoms with Gasteiger partial charge in [0.15, 0.2) is 0 Å². The molecule has 6 atom stereocenters. The Kier molecular flexibility index (Phi) is 7.41. The molecule has 0 unspecified atom stereocenters. The van der Waals surface area contributed by atoms with Crippen LogP contribution >= 0.6 is 0 Å². The van der Waals surface area contributed by atoms with Crippen LogP contribution in [-0.2, 0) is 9.63 Å². The number of hydrogen-bond donors (Lipinski definition) is 4. The zero-order chi connectivity index (χ0) is 19.3. The lowest BCUT2D eigenvalue weighted by Gasteiger charge is -2.50. The maximum Gasteiger partial charge on any atom is 0.327 e. The number of allylic oxidation sites excluding steroid dienone is 2. The van der Waals surface area contributed by atoms with Crippen molar-refractivity contribution in [3.05, 3.63) is 23.8 Å². The highest BCUT2D eigenvalue weighted by molar-refractivity contribution is 5.69. The number of likely N-dealkylation sites (N-methyl/N-ethyl adjacent to an activating group) is 1. The van der Waals surface area contributed by atoms with Gasteiger partial charge in [-0.2, -0.15) is 5.90 Å². The predicted octanol–water partition coefficient (Wildman–Crippen LogP) is 1.82. The molecule has 0 heterocycles. The van der Waals surface area contributed by atoms with Crippen LogP contribution in [0, 0.1) is 17.8 Å². The molecule has 0 aromatic carbocycles. The van der Waals surface area contributed by atoms with Gasteiger partial charge in [-0.1, -0.05) is 32.1 Å². The fraction of sp³-hybridized carbons (Fsp3) is 0.750. The Hall–Kier alpha value is -1.21. The molecule has 6 nitrogen and oxygen atoms in total. The molecule has 0 saturated carbocycles. The van der Waals surface area contributed by atoms with Crippen LogP contribution in [0.5, 0.6) is 0 Å². The second kappa shape index (κ2) is 9.13. The van der Waals surface area contributed by atoms with E-state index < -0.39 is 18.2 Å². The first-order chi connectivity index (χ1) is 12.3. The van der Waals surface area contributed by atoms with Crippen molar-refractivity contribution in [3.8, 4) is 0 Å². The second-order valence-corrected chi connectivity index (χ2v) is 8.00. The monoisotopic (exact) mass is 366 g/mol. The molecule has 2 aliphatic rings. The summed E-state index contributed by atoms with van der Waals surface area (Å²) in [6.45, 7) is 4.48. The maximum absolute atomic E-state index is 11.1. The van der Waals surface area contributed by atoms with Gasteiger partial charge in [0.05, 0.1) is 18.6 Å². The van der Waals surface area contributed by atoms with Gasteiger partial charge in [-0.3, -0.25) is 4.79 Å². The molecule has 0 saturated heterocycles. The summed E-state index contributed by atoms with van der Waals surface area (Å²) in [5.41, 5.74) is 1.32. The van der Waals surface area contributed by atoms with E-state index in [9.17, 15) is 15.0 Å². The highest BCUT2D eigenvalue weighted by atomic mass is 16.7. The molecule has 0 amide bonds. The Labute approximate surface area is 156 Å². The first kappa shape index (κ1) is 21.1. The van der Waals surface area contributed by atoms with Crippen molar-refractivity contribution in [2.24, 2.45) is 23.7 Å². The minimum atomic E-state index is -0.936. The van der Waals surface area contributed by atoms with Gasteiger partial charge in [-0.25, -0.2) is 0 Å². The Balaban J connectivity index is 2.00. The molecule has 0 aromatic heterocycles. The number of fused-ring (bicyclic) bond motifs is 1. The van der Waals surface area contributed by atoms with Crippen LogP contribution in [0.4, 0.5) is 0 Å². The van der Waals surface area contributed by atoms with Gasteiger partial charge in [0.2, 0.25) is 0 Å². The maximum atomic E-state index is 11.1. The zero-order valence-corrected chi connectivity index (χ0v) is 16.1. The molecule has 26 heavy (non-hydrogen) atoms. The number of hydrogen-bond acceptors (Lipinski definition) is 6. The molecule has 0 aromatic rings. The van der Waals surface area contributed by atoms with Crippen molar-refractivity contribution in [1.29, 1.82) is 0 Å². The van der Waals surface area contributed by atoms with Gasteiger partial charge in [0, 0.05) is 5.54 Å². The van der Waals surface area contributed by atoms with E-state index in [1.165, 1.54) is 5.57 Å². The van der Waals surface area contributed by atoms with Crippen molar-refractivity contribution in [3.63, 3.8) is 0 Å². The van der Waals surface area contributed by atoms with Crippen molar-refractivity contribution < 1.29 is 19.8 Å². The molecular weight excluding hydrogens is 332 g/mol. The highest BCUT2D eigenvalue weighted by Gasteiger charge is 2.45. The van der Waals surface area contributed by atoms with Gasteiger partial charge in [0.25, 0.3) is 0 Å². The van der Waals surface area contributed by atoms with Crippen molar-refractivity contribution in [1.82, 2.24) is 5.32 Å². The number of nitrogens with one attached hydrogen (secondary N) is 1. The second-order valence-electron chi connectivity index (χ2n) is 8.00. The van der Waals surface area contributed by atoms with Crippen LogP contribution in [0.2, 0.25) is 0 Å². The first-order valence-electron chi connectivity index (χ1n) is 9.67. The van der Waals surface area contributed by atoms with Crippen LogP contribution in [0.3, 0.4) is 0 Å². The minimum Gasteiger partial charge on any atom is -0.393 e. The van der Waals surface area contributed by atoms with E-state index in [4.69, 9.17) is 5.90 Å². The number of nitrogens with two attached hydrogens (primary N) is 1. The molecular formula is C20H34N2O4. The molecule has 148 valence electrons. The van der Waals surface area contributed by atoms with E-state index in [1.807, 2.05) is 7.05 Å². The lowest BCUT2D eigenvalue weighted by molar-refractivity contribution is -0.146. The number of carbonyl (C=O) groups excluding carboxylic acids is 1. The molecule has 2 aliphatic carbocycles. The lowest BCUT2D eigenvalue weighted by Crippen LogP contribution is -2.55. The summed E-state index contributed by atoms with van der Waals surface area (Å²) in [5, 5.41) is 23.8. The standard InChI is InChI=1S/C20H34N2O4/c1-13-8-9-20(22-3)15(10-13)5-4-14(2)18(20)7-6-16(23)11-17(24)12-19(25)26-21/h4-5,10,13-14,16-18,22-24H,6-9,11-12,21H2,1-3H3/t13-,14+,16-,17-,18+,20-/m1/s1. The van der Waals surface area contributed by atoms with E-state index in [1.54, 1.807) is 0 Å². The largest absolute Gasteiger partial charge is 0.393 e. The smallest absolute Gasteiger partial charge is 0.327 e. The van der Waals surface area contributed by atoms with Gasteiger partial charge >= 0.3 is 5.97 Å². The molecule has 2 rings (SSSR count). The fourth-order valence-electron chi connectivity index (χ4n) is 4.67. The van der Waals surface area contributed by atoms with Crippen LogP contribution in [0.25, 0.3) is 0 Å². The predicted molar refractivity (Wildman–Crippen MR) is 101 cm³/mol. The van der Waals surface area contributed by atoms with Crippen LogP contribution < -0.4 is 11.2 Å².